The number of hydrogen-bond donors (Lipinski definition) is 0. The van der Waals surface area contributed by atoms with E-state index in [1.54, 1.807) is 18.2 Å². The number of halogens is 3. The second kappa shape index (κ2) is 8.06. The predicted octanol–water partition coefficient (Wildman–Crippen LogP) is 5.72. The van der Waals surface area contributed by atoms with Crippen LogP contribution < -0.4 is 4.74 Å². The molecule has 2 aromatic rings. The monoisotopic (exact) mass is 588 g/mol. The Labute approximate surface area is 180 Å². The highest BCUT2D eigenvalue weighted by molar-refractivity contribution is 14.1. The molecule has 0 unspecified atom stereocenters. The number of hydrogen-bond acceptors (Lipinski definition) is 4. The number of cyclic esters (lactones) is 1. The zero-order chi connectivity index (χ0) is 18.8. The molecule has 0 radical (unpaired) electrons. The highest BCUT2D eigenvalue weighted by Gasteiger charge is 2.23. The highest BCUT2D eigenvalue weighted by atomic mass is 127. The van der Waals surface area contributed by atoms with E-state index in [2.05, 4.69) is 54.5 Å². The molecule has 1 aliphatic rings. The Hall–Kier alpha value is -1.45. The fourth-order valence-electron chi connectivity index (χ4n) is 2.35. The smallest absolute Gasteiger partial charge is 0.343 e. The third-order valence-electron chi connectivity index (χ3n) is 3.45. The van der Waals surface area contributed by atoms with E-state index in [4.69, 9.17) is 9.47 Å². The summed E-state index contributed by atoms with van der Waals surface area (Å²) in [6.45, 7) is 1.34. The van der Waals surface area contributed by atoms with Gasteiger partial charge in [-0.15, -0.1) is 0 Å². The lowest BCUT2D eigenvalue weighted by Crippen LogP contribution is -2.05. The van der Waals surface area contributed by atoms with Crippen molar-refractivity contribution in [1.82, 2.24) is 0 Å². The summed E-state index contributed by atoms with van der Waals surface area (Å²) in [5.74, 6) is 0.0104. The van der Waals surface area contributed by atoms with Crippen molar-refractivity contribution >= 4 is 78.2 Å². The standard InChI is InChI=1S/C19H11Br2IO4/c1-10(23)25-18-12(7-15(21)9-16(18)22)6-13-8-17(26-19(13)24)11-2-4-14(20)5-3-11/h2-9H,1H3/b13-6-. The second-order valence-corrected chi connectivity index (χ2v) is 8.40. The van der Waals surface area contributed by atoms with Gasteiger partial charge in [-0.3, -0.25) is 4.79 Å². The molecule has 132 valence electrons. The summed E-state index contributed by atoms with van der Waals surface area (Å²) in [5.41, 5.74) is 1.79. The lowest BCUT2D eigenvalue weighted by molar-refractivity contribution is -0.132. The van der Waals surface area contributed by atoms with Crippen molar-refractivity contribution in [2.24, 2.45) is 0 Å². The Morgan fingerprint density at radius 3 is 2.50 bits per heavy atom. The predicted molar refractivity (Wildman–Crippen MR) is 114 cm³/mol. The molecule has 0 amide bonds. The van der Waals surface area contributed by atoms with Gasteiger partial charge in [-0.05, 0) is 59.0 Å². The van der Waals surface area contributed by atoms with Gasteiger partial charge in [0.25, 0.3) is 0 Å². The maximum Gasteiger partial charge on any atom is 0.343 e. The minimum atomic E-state index is -0.452. The van der Waals surface area contributed by atoms with Crippen molar-refractivity contribution in [2.75, 3.05) is 0 Å². The maximum absolute atomic E-state index is 12.3. The highest BCUT2D eigenvalue weighted by Crippen LogP contribution is 2.34. The van der Waals surface area contributed by atoms with Crippen LogP contribution in [0.2, 0.25) is 0 Å². The summed E-state index contributed by atoms with van der Waals surface area (Å²) >= 11 is 8.88. The summed E-state index contributed by atoms with van der Waals surface area (Å²) in [4.78, 5) is 23.7. The maximum atomic E-state index is 12.3. The summed E-state index contributed by atoms with van der Waals surface area (Å²) in [6.07, 6.45) is 3.33. The molecule has 0 spiro atoms. The molecule has 0 bridgehead atoms. The number of carbonyl (C=O) groups is 2. The first-order valence-corrected chi connectivity index (χ1v) is 10.1. The zero-order valence-corrected chi connectivity index (χ0v) is 18.7. The number of esters is 2. The lowest BCUT2D eigenvalue weighted by atomic mass is 10.1. The summed E-state index contributed by atoms with van der Waals surface area (Å²) < 4.78 is 13.2. The Kier molecular flexibility index (Phi) is 5.99. The first-order chi connectivity index (χ1) is 12.3. The van der Waals surface area contributed by atoms with Gasteiger partial charge in [-0.2, -0.15) is 0 Å². The van der Waals surface area contributed by atoms with E-state index in [-0.39, 0.29) is 0 Å². The van der Waals surface area contributed by atoms with E-state index in [9.17, 15) is 9.59 Å². The third kappa shape index (κ3) is 4.44. The van der Waals surface area contributed by atoms with E-state index >= 15 is 0 Å². The van der Waals surface area contributed by atoms with Crippen LogP contribution in [0.15, 0.2) is 57.0 Å². The fourth-order valence-corrected chi connectivity index (χ4v) is 4.28. The zero-order valence-electron chi connectivity index (χ0n) is 13.4. The summed E-state index contributed by atoms with van der Waals surface area (Å²) in [7, 11) is 0. The van der Waals surface area contributed by atoms with Crippen molar-refractivity contribution in [2.45, 2.75) is 6.92 Å². The first-order valence-electron chi connectivity index (χ1n) is 7.42. The average Bonchev–Trinajstić information content (AvgIpc) is 2.92. The van der Waals surface area contributed by atoms with Crippen LogP contribution in [0.1, 0.15) is 18.1 Å². The molecule has 1 aliphatic heterocycles. The normalized spacial score (nSPS) is 15.0. The van der Waals surface area contributed by atoms with Crippen molar-refractivity contribution in [1.29, 1.82) is 0 Å². The molecular formula is C19H11Br2IO4. The molecule has 0 saturated carbocycles. The number of ether oxygens (including phenoxy) is 2. The van der Waals surface area contributed by atoms with E-state index in [0.29, 0.717) is 22.6 Å². The molecule has 0 saturated heterocycles. The van der Waals surface area contributed by atoms with E-state index in [1.165, 1.54) is 6.92 Å². The topological polar surface area (TPSA) is 52.6 Å². The average molecular weight is 590 g/mol. The fraction of sp³-hybridized carbons (Fsp3) is 0.0526. The number of carbonyl (C=O) groups excluding carboxylic acids is 2. The van der Waals surface area contributed by atoms with Crippen molar-refractivity contribution in [3.8, 4) is 5.75 Å². The van der Waals surface area contributed by atoms with Gasteiger partial charge in [0, 0.05) is 27.0 Å². The minimum absolute atomic E-state index is 0.380. The van der Waals surface area contributed by atoms with Crippen LogP contribution in [0.5, 0.6) is 5.75 Å². The molecule has 1 heterocycles. The largest absolute Gasteiger partial charge is 0.425 e. The molecule has 2 aromatic carbocycles. The summed E-state index contributed by atoms with van der Waals surface area (Å²) in [6, 6.07) is 11.1. The van der Waals surface area contributed by atoms with Crippen LogP contribution in [0.3, 0.4) is 0 Å². The molecule has 0 N–H and O–H groups in total. The van der Waals surface area contributed by atoms with Gasteiger partial charge >= 0.3 is 11.9 Å². The molecule has 7 heteroatoms. The van der Waals surface area contributed by atoms with Gasteiger partial charge in [0.2, 0.25) is 0 Å². The van der Waals surface area contributed by atoms with Gasteiger partial charge < -0.3 is 9.47 Å². The molecule has 3 rings (SSSR count). The molecule has 0 atom stereocenters. The molecule has 0 aliphatic carbocycles. The van der Waals surface area contributed by atoms with Crippen LogP contribution in [-0.4, -0.2) is 11.9 Å². The van der Waals surface area contributed by atoms with Crippen molar-refractivity contribution in [3.05, 3.63) is 71.7 Å². The van der Waals surface area contributed by atoms with E-state index in [1.807, 2.05) is 30.3 Å². The second-order valence-electron chi connectivity index (χ2n) is 5.40. The van der Waals surface area contributed by atoms with Crippen LogP contribution >= 0.6 is 54.5 Å². The molecular weight excluding hydrogens is 579 g/mol. The minimum Gasteiger partial charge on any atom is -0.425 e. The van der Waals surface area contributed by atoms with E-state index in [0.717, 1.165) is 18.1 Å². The van der Waals surface area contributed by atoms with Crippen LogP contribution in [0.25, 0.3) is 11.8 Å². The summed E-state index contributed by atoms with van der Waals surface area (Å²) in [5, 5.41) is 0. The Balaban J connectivity index is 2.03. The van der Waals surface area contributed by atoms with Crippen molar-refractivity contribution < 1.29 is 19.1 Å². The molecule has 4 nitrogen and oxygen atoms in total. The number of rotatable bonds is 3. The quantitative estimate of drug-likeness (QED) is 0.199. The lowest BCUT2D eigenvalue weighted by Gasteiger charge is -2.09. The van der Waals surface area contributed by atoms with Gasteiger partial charge in [-0.1, -0.05) is 44.0 Å². The van der Waals surface area contributed by atoms with Crippen molar-refractivity contribution in [3.63, 3.8) is 0 Å². The molecule has 0 aromatic heterocycles. The number of benzene rings is 2. The SMILES string of the molecule is CC(=O)Oc1c(I)cc(Br)cc1/C=C1/C=C(c2ccc(Br)cc2)OC1=O. The van der Waals surface area contributed by atoms with Crippen LogP contribution in [-0.2, 0) is 14.3 Å². The van der Waals surface area contributed by atoms with Gasteiger partial charge in [0.15, 0.2) is 5.75 Å². The molecule has 26 heavy (non-hydrogen) atoms. The van der Waals surface area contributed by atoms with Gasteiger partial charge in [-0.25, -0.2) is 4.79 Å². The first kappa shape index (κ1) is 19.3. The van der Waals surface area contributed by atoms with E-state index < -0.39 is 11.9 Å². The molecule has 0 fully saturated rings. The van der Waals surface area contributed by atoms with Gasteiger partial charge in [0.05, 0.1) is 9.14 Å². The van der Waals surface area contributed by atoms with Crippen LogP contribution in [0, 0.1) is 3.57 Å². The third-order valence-corrected chi connectivity index (χ3v) is 5.24. The van der Waals surface area contributed by atoms with Gasteiger partial charge in [0.1, 0.15) is 5.76 Å². The van der Waals surface area contributed by atoms with Crippen LogP contribution in [0.4, 0.5) is 0 Å². The Morgan fingerprint density at radius 2 is 1.85 bits per heavy atom. The Bertz CT molecular complexity index is 962. The Morgan fingerprint density at radius 1 is 1.15 bits per heavy atom.